The largest absolute Gasteiger partial charge is 0.461 e. The number of aromatic nitrogens is 3. The lowest BCUT2D eigenvalue weighted by molar-refractivity contribution is 0.0519. The molecule has 0 saturated heterocycles. The van der Waals surface area contributed by atoms with Gasteiger partial charge in [0, 0.05) is 0 Å². The van der Waals surface area contributed by atoms with E-state index in [9.17, 15) is 4.79 Å². The predicted molar refractivity (Wildman–Crippen MR) is 59.0 cm³/mol. The minimum Gasteiger partial charge on any atom is -0.461 e. The molecule has 0 fully saturated rings. The van der Waals surface area contributed by atoms with Crippen molar-refractivity contribution in [3.8, 4) is 6.01 Å². The molecule has 0 aliphatic heterocycles. The number of carbonyl (C=O) groups excluding carboxylic acids is 1. The van der Waals surface area contributed by atoms with Gasteiger partial charge in [-0.3, -0.25) is 0 Å². The van der Waals surface area contributed by atoms with Gasteiger partial charge in [-0.05, 0) is 6.92 Å². The van der Waals surface area contributed by atoms with Crippen LogP contribution in [-0.2, 0) is 4.74 Å². The Hall–Kier alpha value is -2.02. The summed E-state index contributed by atoms with van der Waals surface area (Å²) in [6, 6.07) is 0.0895. The van der Waals surface area contributed by atoms with Gasteiger partial charge >= 0.3 is 12.0 Å². The number of carbonyl (C=O) groups is 1. The number of ether oxygens (including phenoxy) is 1. The quantitative estimate of drug-likeness (QED) is 0.831. The van der Waals surface area contributed by atoms with E-state index in [1.165, 1.54) is 17.1 Å². The maximum Gasteiger partial charge on any atom is 0.360 e. The summed E-state index contributed by atoms with van der Waals surface area (Å²) in [6.45, 7) is 1.97. The summed E-state index contributed by atoms with van der Waals surface area (Å²) in [5, 5.41) is 4.13. The summed E-state index contributed by atoms with van der Waals surface area (Å²) in [7, 11) is 0. The number of rotatable bonds is 3. The van der Waals surface area contributed by atoms with Crippen LogP contribution in [0.1, 0.15) is 17.4 Å². The van der Waals surface area contributed by atoms with E-state index < -0.39 is 5.97 Å². The Morgan fingerprint density at radius 2 is 2.47 bits per heavy atom. The van der Waals surface area contributed by atoms with E-state index in [-0.39, 0.29) is 29.2 Å². The zero-order valence-corrected chi connectivity index (χ0v) is 9.64. The molecule has 2 rings (SSSR count). The summed E-state index contributed by atoms with van der Waals surface area (Å²) in [5.74, 6) is -0.406. The van der Waals surface area contributed by atoms with E-state index in [4.69, 9.17) is 26.5 Å². The van der Waals surface area contributed by atoms with Gasteiger partial charge in [0.25, 0.3) is 0 Å². The topological polar surface area (TPSA) is 96.2 Å². The number of hydrogen-bond acceptors (Lipinski definition) is 6. The number of esters is 1. The van der Waals surface area contributed by atoms with Crippen LogP contribution in [0.15, 0.2) is 16.9 Å². The van der Waals surface area contributed by atoms with Crippen LogP contribution in [0.25, 0.3) is 6.01 Å². The number of anilines is 1. The minimum atomic E-state index is -0.561. The summed E-state index contributed by atoms with van der Waals surface area (Å²) in [5.41, 5.74) is 5.53. The molecule has 0 amide bonds. The van der Waals surface area contributed by atoms with Crippen LogP contribution in [0.3, 0.4) is 0 Å². The number of nitrogen functional groups attached to an aromatic ring is 1. The summed E-state index contributed by atoms with van der Waals surface area (Å²) < 4.78 is 11.1. The van der Waals surface area contributed by atoms with Gasteiger partial charge in [0.15, 0.2) is 11.5 Å². The maximum absolute atomic E-state index is 11.3. The number of nitrogens with two attached hydrogens (primary N) is 1. The van der Waals surface area contributed by atoms with E-state index >= 15 is 0 Å². The molecular weight excluding hydrogens is 248 g/mol. The van der Waals surface area contributed by atoms with Crippen LogP contribution < -0.4 is 5.73 Å². The standard InChI is InChI=1S/C9H9ClN4O3/c1-2-16-8(15)6-4-17-9(12-6)14-3-5(10)7(11)13-14/h3-4H,2H2,1H3,(H2,11,13). The van der Waals surface area contributed by atoms with E-state index in [2.05, 4.69) is 10.1 Å². The van der Waals surface area contributed by atoms with Gasteiger partial charge in [-0.15, -0.1) is 5.10 Å². The molecule has 0 aliphatic rings. The zero-order valence-electron chi connectivity index (χ0n) is 8.88. The lowest BCUT2D eigenvalue weighted by Crippen LogP contribution is -2.05. The molecule has 2 aromatic rings. The highest BCUT2D eigenvalue weighted by Gasteiger charge is 2.15. The van der Waals surface area contributed by atoms with Crippen molar-refractivity contribution in [2.75, 3.05) is 12.3 Å². The lowest BCUT2D eigenvalue weighted by atomic mass is 10.5. The lowest BCUT2D eigenvalue weighted by Gasteiger charge is -1.95. The van der Waals surface area contributed by atoms with Crippen LogP contribution in [0.2, 0.25) is 5.02 Å². The number of hydrogen-bond donors (Lipinski definition) is 1. The molecule has 0 aromatic carbocycles. The number of nitrogens with zero attached hydrogens (tertiary/aromatic N) is 3. The Morgan fingerprint density at radius 1 is 1.71 bits per heavy atom. The fourth-order valence-electron chi connectivity index (χ4n) is 1.13. The molecule has 7 nitrogen and oxygen atoms in total. The Labute approximate surface area is 101 Å². The van der Waals surface area contributed by atoms with Crippen molar-refractivity contribution in [3.63, 3.8) is 0 Å². The van der Waals surface area contributed by atoms with Crippen molar-refractivity contribution in [1.82, 2.24) is 14.8 Å². The Morgan fingerprint density at radius 3 is 3.06 bits per heavy atom. The molecule has 0 bridgehead atoms. The van der Waals surface area contributed by atoms with Crippen LogP contribution in [0.5, 0.6) is 0 Å². The molecule has 0 saturated carbocycles. The average molecular weight is 257 g/mol. The molecule has 2 aromatic heterocycles. The Bertz CT molecular complexity index is 529. The zero-order chi connectivity index (χ0) is 12.4. The second-order valence-electron chi connectivity index (χ2n) is 3.04. The minimum absolute atomic E-state index is 0.0621. The fraction of sp³-hybridized carbons (Fsp3) is 0.222. The molecule has 0 radical (unpaired) electrons. The number of oxazole rings is 1. The molecule has 90 valence electrons. The fourth-order valence-corrected chi connectivity index (χ4v) is 1.26. The van der Waals surface area contributed by atoms with Crippen LogP contribution in [0.4, 0.5) is 5.82 Å². The third-order valence-corrected chi connectivity index (χ3v) is 2.16. The molecule has 2 N–H and O–H groups in total. The van der Waals surface area contributed by atoms with Crippen molar-refractivity contribution in [3.05, 3.63) is 23.2 Å². The first-order valence-electron chi connectivity index (χ1n) is 4.75. The van der Waals surface area contributed by atoms with Crippen molar-refractivity contribution >= 4 is 23.4 Å². The van der Waals surface area contributed by atoms with Crippen molar-refractivity contribution in [1.29, 1.82) is 0 Å². The molecule has 0 spiro atoms. The van der Waals surface area contributed by atoms with Crippen LogP contribution >= 0.6 is 11.6 Å². The predicted octanol–water partition coefficient (Wildman–Crippen LogP) is 1.27. The van der Waals surface area contributed by atoms with Crippen LogP contribution in [0, 0.1) is 0 Å². The molecule has 0 aliphatic carbocycles. The summed E-state index contributed by atoms with van der Waals surface area (Å²) in [6.07, 6.45) is 2.61. The van der Waals surface area contributed by atoms with Gasteiger partial charge in [0.05, 0.1) is 12.8 Å². The molecule has 0 unspecified atom stereocenters. The highest BCUT2D eigenvalue weighted by molar-refractivity contribution is 6.32. The summed E-state index contributed by atoms with van der Waals surface area (Å²) >= 11 is 5.73. The SMILES string of the molecule is CCOC(=O)c1coc(-n2cc(Cl)c(N)n2)n1. The third-order valence-electron chi connectivity index (χ3n) is 1.87. The first-order chi connectivity index (χ1) is 8.11. The highest BCUT2D eigenvalue weighted by atomic mass is 35.5. The second-order valence-corrected chi connectivity index (χ2v) is 3.45. The van der Waals surface area contributed by atoms with E-state index in [1.54, 1.807) is 6.92 Å². The third kappa shape index (κ3) is 2.23. The van der Waals surface area contributed by atoms with Gasteiger partial charge in [0.1, 0.15) is 11.3 Å². The second kappa shape index (κ2) is 4.46. The van der Waals surface area contributed by atoms with Gasteiger partial charge in [0.2, 0.25) is 0 Å². The molecule has 0 atom stereocenters. The Kier molecular flexibility index (Phi) is 3.01. The average Bonchev–Trinajstić information content (AvgIpc) is 2.87. The van der Waals surface area contributed by atoms with Gasteiger partial charge in [-0.2, -0.15) is 9.67 Å². The molecule has 17 heavy (non-hydrogen) atoms. The van der Waals surface area contributed by atoms with Crippen molar-refractivity contribution in [2.24, 2.45) is 0 Å². The van der Waals surface area contributed by atoms with Crippen LogP contribution in [-0.4, -0.2) is 27.3 Å². The van der Waals surface area contributed by atoms with Crippen molar-refractivity contribution in [2.45, 2.75) is 6.92 Å². The first-order valence-corrected chi connectivity index (χ1v) is 5.13. The van der Waals surface area contributed by atoms with Gasteiger partial charge < -0.3 is 14.9 Å². The molecular formula is C9H9ClN4O3. The molecule has 2 heterocycles. The van der Waals surface area contributed by atoms with E-state index in [0.29, 0.717) is 0 Å². The van der Waals surface area contributed by atoms with Gasteiger partial charge in [-0.25, -0.2) is 4.79 Å². The normalized spacial score (nSPS) is 10.5. The van der Waals surface area contributed by atoms with E-state index in [0.717, 1.165) is 0 Å². The molecule has 8 heteroatoms. The summed E-state index contributed by atoms with van der Waals surface area (Å²) in [4.78, 5) is 15.2. The highest BCUT2D eigenvalue weighted by Crippen LogP contribution is 2.18. The Balaban J connectivity index is 2.26. The van der Waals surface area contributed by atoms with Crippen molar-refractivity contribution < 1.29 is 13.9 Å². The monoisotopic (exact) mass is 256 g/mol. The number of halogens is 1. The maximum atomic E-state index is 11.3. The van der Waals surface area contributed by atoms with Gasteiger partial charge in [-0.1, -0.05) is 11.6 Å². The van der Waals surface area contributed by atoms with E-state index in [1.807, 2.05) is 0 Å². The smallest absolute Gasteiger partial charge is 0.360 e. The first kappa shape index (κ1) is 11.5.